The van der Waals surface area contributed by atoms with Crippen molar-refractivity contribution >= 4 is 0 Å². The van der Waals surface area contributed by atoms with Gasteiger partial charge in [-0.3, -0.25) is 0 Å². The zero-order valence-electron chi connectivity index (χ0n) is 10.6. The fourth-order valence-corrected chi connectivity index (χ4v) is 3.16. The van der Waals surface area contributed by atoms with Crippen LogP contribution in [0.3, 0.4) is 0 Å². The average molecular weight is 213 g/mol. The Bertz CT molecular complexity index is 175. The third-order valence-electron chi connectivity index (χ3n) is 4.36. The van der Waals surface area contributed by atoms with Gasteiger partial charge in [-0.25, -0.2) is 0 Å². The van der Waals surface area contributed by atoms with Crippen molar-refractivity contribution in [2.24, 2.45) is 23.0 Å². The summed E-state index contributed by atoms with van der Waals surface area (Å²) in [5, 5.41) is 0. The molecule has 1 atom stereocenters. The summed E-state index contributed by atoms with van der Waals surface area (Å²) in [4.78, 5) is 0. The van der Waals surface area contributed by atoms with E-state index < -0.39 is 0 Å². The SMILES string of the molecule is COCC(CN)(C(C)C)C1CCCCC1. The molecule has 0 amide bonds. The first-order valence-corrected chi connectivity index (χ1v) is 6.36. The molecular weight excluding hydrogens is 186 g/mol. The molecule has 0 heterocycles. The van der Waals surface area contributed by atoms with E-state index in [-0.39, 0.29) is 5.41 Å². The van der Waals surface area contributed by atoms with Crippen LogP contribution in [-0.4, -0.2) is 20.3 Å². The molecule has 2 N–H and O–H groups in total. The predicted molar refractivity (Wildman–Crippen MR) is 64.8 cm³/mol. The first-order chi connectivity index (χ1) is 7.17. The van der Waals surface area contributed by atoms with Crippen molar-refractivity contribution in [1.82, 2.24) is 0 Å². The molecule has 0 aliphatic heterocycles. The van der Waals surface area contributed by atoms with E-state index in [1.165, 1.54) is 32.1 Å². The number of methoxy groups -OCH3 is 1. The maximum Gasteiger partial charge on any atom is 0.0535 e. The second-order valence-corrected chi connectivity index (χ2v) is 5.36. The van der Waals surface area contributed by atoms with Crippen LogP contribution >= 0.6 is 0 Å². The van der Waals surface area contributed by atoms with Crippen molar-refractivity contribution in [3.05, 3.63) is 0 Å². The zero-order valence-corrected chi connectivity index (χ0v) is 10.6. The Hall–Kier alpha value is -0.0800. The van der Waals surface area contributed by atoms with Crippen LogP contribution in [0.2, 0.25) is 0 Å². The van der Waals surface area contributed by atoms with Crippen molar-refractivity contribution < 1.29 is 4.74 Å². The maximum atomic E-state index is 6.05. The minimum atomic E-state index is 0.217. The first-order valence-electron chi connectivity index (χ1n) is 6.36. The number of hydrogen-bond donors (Lipinski definition) is 1. The molecule has 0 aromatic carbocycles. The van der Waals surface area contributed by atoms with Crippen LogP contribution in [-0.2, 0) is 4.74 Å². The Morgan fingerprint density at radius 2 is 1.87 bits per heavy atom. The molecule has 1 rings (SSSR count). The summed E-state index contributed by atoms with van der Waals surface area (Å²) in [6.45, 7) is 6.18. The van der Waals surface area contributed by atoms with E-state index in [4.69, 9.17) is 10.5 Å². The van der Waals surface area contributed by atoms with Gasteiger partial charge in [0.25, 0.3) is 0 Å². The Balaban J connectivity index is 2.75. The van der Waals surface area contributed by atoms with Gasteiger partial charge in [0.15, 0.2) is 0 Å². The van der Waals surface area contributed by atoms with E-state index in [0.717, 1.165) is 19.1 Å². The summed E-state index contributed by atoms with van der Waals surface area (Å²) < 4.78 is 5.43. The topological polar surface area (TPSA) is 35.2 Å². The molecule has 0 aromatic rings. The predicted octanol–water partition coefficient (Wildman–Crippen LogP) is 2.81. The number of ether oxygens (including phenoxy) is 1. The van der Waals surface area contributed by atoms with Crippen LogP contribution in [0.5, 0.6) is 0 Å². The van der Waals surface area contributed by atoms with Crippen LogP contribution in [0.25, 0.3) is 0 Å². The molecule has 90 valence electrons. The normalized spacial score (nSPS) is 23.0. The molecule has 2 nitrogen and oxygen atoms in total. The van der Waals surface area contributed by atoms with E-state index in [1.54, 1.807) is 7.11 Å². The van der Waals surface area contributed by atoms with Gasteiger partial charge >= 0.3 is 0 Å². The molecule has 0 spiro atoms. The van der Waals surface area contributed by atoms with E-state index in [0.29, 0.717) is 5.92 Å². The Morgan fingerprint density at radius 1 is 1.27 bits per heavy atom. The lowest BCUT2D eigenvalue weighted by Gasteiger charge is -2.44. The minimum Gasteiger partial charge on any atom is -0.384 e. The van der Waals surface area contributed by atoms with Crippen molar-refractivity contribution in [3.8, 4) is 0 Å². The lowest BCUT2D eigenvalue weighted by atomic mass is 9.63. The molecule has 2 heteroatoms. The molecule has 0 bridgehead atoms. The van der Waals surface area contributed by atoms with Gasteiger partial charge in [-0.15, -0.1) is 0 Å². The molecule has 1 saturated carbocycles. The highest BCUT2D eigenvalue weighted by Crippen LogP contribution is 2.43. The highest BCUT2D eigenvalue weighted by atomic mass is 16.5. The number of nitrogens with two attached hydrogens (primary N) is 1. The largest absolute Gasteiger partial charge is 0.384 e. The molecule has 1 fully saturated rings. The summed E-state index contributed by atoms with van der Waals surface area (Å²) >= 11 is 0. The first kappa shape index (κ1) is 13.0. The fraction of sp³-hybridized carbons (Fsp3) is 1.00. The monoisotopic (exact) mass is 213 g/mol. The van der Waals surface area contributed by atoms with E-state index >= 15 is 0 Å². The van der Waals surface area contributed by atoms with Crippen LogP contribution < -0.4 is 5.73 Å². The summed E-state index contributed by atoms with van der Waals surface area (Å²) in [6.07, 6.45) is 6.85. The van der Waals surface area contributed by atoms with Gasteiger partial charge in [-0.2, -0.15) is 0 Å². The molecule has 0 radical (unpaired) electrons. The summed E-state index contributed by atoms with van der Waals surface area (Å²) in [7, 11) is 1.80. The van der Waals surface area contributed by atoms with Crippen LogP contribution in [0.4, 0.5) is 0 Å². The third-order valence-corrected chi connectivity index (χ3v) is 4.36. The summed E-state index contributed by atoms with van der Waals surface area (Å²) in [5.41, 5.74) is 6.26. The number of rotatable bonds is 5. The van der Waals surface area contributed by atoms with Crippen molar-refractivity contribution in [3.63, 3.8) is 0 Å². The standard InChI is InChI=1S/C13H27NO/c1-11(2)13(9-14,10-15-3)12-7-5-4-6-8-12/h11-12H,4-10,14H2,1-3H3. The second kappa shape index (κ2) is 5.86. The maximum absolute atomic E-state index is 6.05. The highest BCUT2D eigenvalue weighted by Gasteiger charge is 2.40. The average Bonchev–Trinajstić information content (AvgIpc) is 2.26. The molecule has 1 unspecified atom stereocenters. The van der Waals surface area contributed by atoms with E-state index in [1.807, 2.05) is 0 Å². The van der Waals surface area contributed by atoms with Gasteiger partial charge < -0.3 is 10.5 Å². The lowest BCUT2D eigenvalue weighted by Crippen LogP contribution is -2.46. The lowest BCUT2D eigenvalue weighted by molar-refractivity contribution is -0.0136. The zero-order chi connectivity index (χ0) is 11.3. The Morgan fingerprint density at radius 3 is 2.27 bits per heavy atom. The van der Waals surface area contributed by atoms with Gasteiger partial charge in [0, 0.05) is 19.1 Å². The van der Waals surface area contributed by atoms with Crippen LogP contribution in [0.1, 0.15) is 46.0 Å². The van der Waals surface area contributed by atoms with E-state index in [9.17, 15) is 0 Å². The van der Waals surface area contributed by atoms with Gasteiger partial charge in [-0.05, 0) is 24.7 Å². The second-order valence-electron chi connectivity index (χ2n) is 5.36. The van der Waals surface area contributed by atoms with Crippen molar-refractivity contribution in [2.75, 3.05) is 20.3 Å². The molecular formula is C13H27NO. The summed E-state index contributed by atoms with van der Waals surface area (Å²) in [6, 6.07) is 0. The van der Waals surface area contributed by atoms with E-state index in [2.05, 4.69) is 13.8 Å². The van der Waals surface area contributed by atoms with Gasteiger partial charge in [0.2, 0.25) is 0 Å². The fourth-order valence-electron chi connectivity index (χ4n) is 3.16. The van der Waals surface area contributed by atoms with Gasteiger partial charge in [-0.1, -0.05) is 33.1 Å². The van der Waals surface area contributed by atoms with Crippen molar-refractivity contribution in [2.45, 2.75) is 46.0 Å². The molecule has 0 aromatic heterocycles. The van der Waals surface area contributed by atoms with Gasteiger partial charge in [0.1, 0.15) is 0 Å². The van der Waals surface area contributed by atoms with Crippen LogP contribution in [0, 0.1) is 17.3 Å². The smallest absolute Gasteiger partial charge is 0.0535 e. The molecule has 15 heavy (non-hydrogen) atoms. The Labute approximate surface area is 94.6 Å². The van der Waals surface area contributed by atoms with Crippen molar-refractivity contribution in [1.29, 1.82) is 0 Å². The Kier molecular flexibility index (Phi) is 5.07. The quantitative estimate of drug-likeness (QED) is 0.762. The molecule has 0 saturated heterocycles. The number of hydrogen-bond acceptors (Lipinski definition) is 2. The van der Waals surface area contributed by atoms with Crippen LogP contribution in [0.15, 0.2) is 0 Å². The minimum absolute atomic E-state index is 0.217. The summed E-state index contributed by atoms with van der Waals surface area (Å²) in [5.74, 6) is 1.39. The third kappa shape index (κ3) is 2.73. The van der Waals surface area contributed by atoms with Gasteiger partial charge in [0.05, 0.1) is 6.61 Å². The highest BCUT2D eigenvalue weighted by molar-refractivity contribution is 4.91. The molecule has 1 aliphatic rings. The molecule has 1 aliphatic carbocycles.